The van der Waals surface area contributed by atoms with Gasteiger partial charge in [-0.1, -0.05) is 42.5 Å². The number of nitrogens with zero attached hydrogens (tertiary/aromatic N) is 1. The number of carbonyl (C=O) groups is 2. The Morgan fingerprint density at radius 3 is 2.24 bits per heavy atom. The Morgan fingerprint density at radius 1 is 1.07 bits per heavy atom. The minimum atomic E-state index is -0.900. The molecule has 0 spiro atoms. The van der Waals surface area contributed by atoms with Crippen LogP contribution in [0.3, 0.4) is 0 Å². The summed E-state index contributed by atoms with van der Waals surface area (Å²) < 4.78 is 5.26. The zero-order valence-corrected chi connectivity index (χ0v) is 16.7. The average Bonchev–Trinajstić information content (AvgIpc) is 2.65. The summed E-state index contributed by atoms with van der Waals surface area (Å²) in [7, 11) is 0. The van der Waals surface area contributed by atoms with E-state index in [1.807, 2.05) is 6.07 Å². The van der Waals surface area contributed by atoms with E-state index in [0.717, 1.165) is 5.56 Å². The number of amides is 2. The van der Waals surface area contributed by atoms with Crippen LogP contribution < -0.4 is 10.6 Å². The standard InChI is InChI=1S/C21H25N3O5/c1-21(2,3)29-20(26)23-18(16-7-5-4-6-8-16)19(25)22-14-13-15-9-11-17(12-10-15)24(27)28/h4-12,18H,13-14H2,1-3H3,(H,22,25)(H,23,26). The quantitative estimate of drug-likeness (QED) is 0.547. The third kappa shape index (κ3) is 7.25. The van der Waals surface area contributed by atoms with E-state index in [1.54, 1.807) is 57.2 Å². The zero-order chi connectivity index (χ0) is 21.4. The first kappa shape index (κ1) is 21.9. The van der Waals surface area contributed by atoms with Crippen molar-refractivity contribution in [2.45, 2.75) is 38.8 Å². The molecule has 154 valence electrons. The molecule has 0 aliphatic heterocycles. The van der Waals surface area contributed by atoms with Gasteiger partial charge in [0.1, 0.15) is 11.6 Å². The number of non-ortho nitro benzene ring substituents is 1. The first-order chi connectivity index (χ1) is 13.7. The van der Waals surface area contributed by atoms with E-state index in [-0.39, 0.29) is 11.6 Å². The highest BCUT2D eigenvalue weighted by molar-refractivity contribution is 5.86. The van der Waals surface area contributed by atoms with E-state index in [1.165, 1.54) is 12.1 Å². The monoisotopic (exact) mass is 399 g/mol. The Morgan fingerprint density at radius 2 is 1.69 bits per heavy atom. The lowest BCUT2D eigenvalue weighted by atomic mass is 10.1. The predicted molar refractivity (Wildman–Crippen MR) is 108 cm³/mol. The van der Waals surface area contributed by atoms with Gasteiger partial charge in [-0.15, -0.1) is 0 Å². The van der Waals surface area contributed by atoms with Crippen molar-refractivity contribution in [3.8, 4) is 0 Å². The number of nitro groups is 1. The average molecular weight is 399 g/mol. The van der Waals surface area contributed by atoms with Crippen LogP contribution >= 0.6 is 0 Å². The molecule has 1 unspecified atom stereocenters. The van der Waals surface area contributed by atoms with E-state index in [2.05, 4.69) is 10.6 Å². The first-order valence-electron chi connectivity index (χ1n) is 9.21. The fourth-order valence-electron chi connectivity index (χ4n) is 2.59. The van der Waals surface area contributed by atoms with E-state index in [9.17, 15) is 19.7 Å². The van der Waals surface area contributed by atoms with Crippen LogP contribution in [0.25, 0.3) is 0 Å². The van der Waals surface area contributed by atoms with Crippen molar-refractivity contribution in [2.75, 3.05) is 6.54 Å². The number of nitro benzene ring substituents is 1. The van der Waals surface area contributed by atoms with Crippen molar-refractivity contribution >= 4 is 17.7 Å². The number of alkyl carbamates (subject to hydrolysis) is 1. The molecule has 2 aromatic rings. The normalized spacial score (nSPS) is 12.0. The van der Waals surface area contributed by atoms with Crippen LogP contribution in [0.1, 0.15) is 37.9 Å². The molecule has 0 bridgehead atoms. The second kappa shape index (κ2) is 9.68. The van der Waals surface area contributed by atoms with Gasteiger partial charge in [0.05, 0.1) is 4.92 Å². The first-order valence-corrected chi connectivity index (χ1v) is 9.21. The van der Waals surface area contributed by atoms with Crippen LogP contribution in [0.5, 0.6) is 0 Å². The highest BCUT2D eigenvalue weighted by Crippen LogP contribution is 2.15. The number of carbonyl (C=O) groups excluding carboxylic acids is 2. The fourth-order valence-corrected chi connectivity index (χ4v) is 2.59. The zero-order valence-electron chi connectivity index (χ0n) is 16.7. The number of nitrogens with one attached hydrogen (secondary N) is 2. The molecule has 8 heteroatoms. The van der Waals surface area contributed by atoms with Crippen molar-refractivity contribution in [1.29, 1.82) is 0 Å². The number of hydrogen-bond donors (Lipinski definition) is 2. The Hall–Kier alpha value is -3.42. The third-order valence-electron chi connectivity index (χ3n) is 3.92. The maximum atomic E-state index is 12.7. The summed E-state index contributed by atoms with van der Waals surface area (Å²) in [6, 6.07) is 14.1. The molecular weight excluding hydrogens is 374 g/mol. The third-order valence-corrected chi connectivity index (χ3v) is 3.92. The molecule has 0 radical (unpaired) electrons. The molecule has 29 heavy (non-hydrogen) atoms. The SMILES string of the molecule is CC(C)(C)OC(=O)NC(C(=O)NCCc1ccc([N+](=O)[O-])cc1)c1ccccc1. The molecule has 2 aromatic carbocycles. The molecule has 2 rings (SSSR count). The van der Waals surface area contributed by atoms with Gasteiger partial charge in [-0.2, -0.15) is 0 Å². The summed E-state index contributed by atoms with van der Waals surface area (Å²) in [4.78, 5) is 35.1. The summed E-state index contributed by atoms with van der Waals surface area (Å²) >= 11 is 0. The van der Waals surface area contributed by atoms with Gasteiger partial charge in [0.15, 0.2) is 0 Å². The molecule has 8 nitrogen and oxygen atoms in total. The van der Waals surface area contributed by atoms with Gasteiger partial charge in [-0.05, 0) is 38.3 Å². The van der Waals surface area contributed by atoms with E-state index in [4.69, 9.17) is 4.74 Å². The van der Waals surface area contributed by atoms with Gasteiger partial charge in [-0.3, -0.25) is 14.9 Å². The van der Waals surface area contributed by atoms with Gasteiger partial charge < -0.3 is 15.4 Å². The van der Waals surface area contributed by atoms with Gasteiger partial charge in [-0.25, -0.2) is 4.79 Å². The largest absolute Gasteiger partial charge is 0.444 e. The predicted octanol–water partition coefficient (Wildman–Crippen LogP) is 3.52. The molecule has 1 atom stereocenters. The number of ether oxygens (including phenoxy) is 1. The highest BCUT2D eigenvalue weighted by atomic mass is 16.6. The molecule has 0 fully saturated rings. The van der Waals surface area contributed by atoms with Gasteiger partial charge in [0.2, 0.25) is 5.91 Å². The molecule has 0 saturated heterocycles. The van der Waals surface area contributed by atoms with Crippen LogP contribution in [0.15, 0.2) is 54.6 Å². The van der Waals surface area contributed by atoms with E-state index >= 15 is 0 Å². The van der Waals surface area contributed by atoms with Crippen molar-refractivity contribution in [3.63, 3.8) is 0 Å². The fraction of sp³-hybridized carbons (Fsp3) is 0.333. The van der Waals surface area contributed by atoms with Crippen molar-refractivity contribution in [2.24, 2.45) is 0 Å². The Balaban J connectivity index is 1.99. The summed E-state index contributed by atoms with van der Waals surface area (Å²) in [5.41, 5.74) is 0.819. The molecule has 0 aliphatic carbocycles. The van der Waals surface area contributed by atoms with Crippen LogP contribution in [0.2, 0.25) is 0 Å². The number of hydrogen-bond acceptors (Lipinski definition) is 5. The number of benzene rings is 2. The number of rotatable bonds is 7. The minimum absolute atomic E-state index is 0.0171. The Kier molecular flexibility index (Phi) is 7.30. The smallest absolute Gasteiger partial charge is 0.408 e. The molecule has 0 aromatic heterocycles. The lowest BCUT2D eigenvalue weighted by molar-refractivity contribution is -0.384. The maximum Gasteiger partial charge on any atom is 0.408 e. The maximum absolute atomic E-state index is 12.7. The lowest BCUT2D eigenvalue weighted by Crippen LogP contribution is -2.43. The second-order valence-corrected chi connectivity index (χ2v) is 7.45. The highest BCUT2D eigenvalue weighted by Gasteiger charge is 2.25. The van der Waals surface area contributed by atoms with E-state index < -0.39 is 22.7 Å². The molecular formula is C21H25N3O5. The molecule has 2 N–H and O–H groups in total. The topological polar surface area (TPSA) is 111 Å². The summed E-state index contributed by atoms with van der Waals surface area (Å²) in [5.74, 6) is -0.371. The Labute approximate surface area is 169 Å². The van der Waals surface area contributed by atoms with Crippen molar-refractivity contribution < 1.29 is 19.2 Å². The van der Waals surface area contributed by atoms with Crippen LogP contribution in [0.4, 0.5) is 10.5 Å². The molecule has 0 aliphatic rings. The van der Waals surface area contributed by atoms with Gasteiger partial charge in [0, 0.05) is 18.7 Å². The van der Waals surface area contributed by atoms with Crippen LogP contribution in [0, 0.1) is 10.1 Å². The van der Waals surface area contributed by atoms with Crippen molar-refractivity contribution in [1.82, 2.24) is 10.6 Å². The molecule has 0 heterocycles. The van der Waals surface area contributed by atoms with Gasteiger partial charge >= 0.3 is 6.09 Å². The lowest BCUT2D eigenvalue weighted by Gasteiger charge is -2.23. The van der Waals surface area contributed by atoms with Gasteiger partial charge in [0.25, 0.3) is 5.69 Å². The van der Waals surface area contributed by atoms with E-state index in [0.29, 0.717) is 18.5 Å². The minimum Gasteiger partial charge on any atom is -0.444 e. The second-order valence-electron chi connectivity index (χ2n) is 7.45. The molecule has 2 amide bonds. The summed E-state index contributed by atoms with van der Waals surface area (Å²) in [6.45, 7) is 5.55. The summed E-state index contributed by atoms with van der Waals surface area (Å²) in [5, 5.41) is 16.1. The van der Waals surface area contributed by atoms with Crippen LogP contribution in [-0.4, -0.2) is 29.1 Å². The summed E-state index contributed by atoms with van der Waals surface area (Å²) in [6.07, 6.45) is -0.186. The van der Waals surface area contributed by atoms with Crippen LogP contribution in [-0.2, 0) is 16.0 Å². The van der Waals surface area contributed by atoms with Crippen molar-refractivity contribution in [3.05, 3.63) is 75.8 Å². The molecule has 0 saturated carbocycles. The Bertz CT molecular complexity index is 845.